The van der Waals surface area contributed by atoms with E-state index in [1.807, 2.05) is 0 Å². The number of furan rings is 1. The standard InChI is InChI=1S/C18H27NO/c1-6-10-19-16(7-2)17-11-15-13(5)8-9-14(12(3)4)18(15)20-17/h8-9,11-12,16,19H,6-7,10H2,1-5H3. The number of aryl methyl sites for hydroxylation is 1. The molecule has 0 bridgehead atoms. The predicted octanol–water partition coefficient (Wildman–Crippen LogP) is 5.32. The van der Waals surface area contributed by atoms with E-state index in [0.717, 1.165) is 30.7 Å². The Balaban J connectivity index is 2.46. The molecule has 110 valence electrons. The Morgan fingerprint density at radius 3 is 2.55 bits per heavy atom. The van der Waals surface area contributed by atoms with Gasteiger partial charge in [-0.05, 0) is 49.4 Å². The largest absolute Gasteiger partial charge is 0.459 e. The third-order valence-corrected chi connectivity index (χ3v) is 3.97. The first-order chi connectivity index (χ1) is 9.58. The second-order valence-corrected chi connectivity index (χ2v) is 5.93. The van der Waals surface area contributed by atoms with Crippen molar-refractivity contribution >= 4 is 11.0 Å². The highest BCUT2D eigenvalue weighted by molar-refractivity contribution is 5.85. The van der Waals surface area contributed by atoms with Gasteiger partial charge in [0.1, 0.15) is 11.3 Å². The molecule has 1 heterocycles. The van der Waals surface area contributed by atoms with Gasteiger partial charge in [0.15, 0.2) is 0 Å². The minimum atomic E-state index is 0.321. The smallest absolute Gasteiger partial charge is 0.138 e. The third kappa shape index (κ3) is 2.90. The second kappa shape index (κ2) is 6.45. The average Bonchev–Trinajstić information content (AvgIpc) is 2.85. The zero-order valence-electron chi connectivity index (χ0n) is 13.4. The number of hydrogen-bond donors (Lipinski definition) is 1. The first-order valence-electron chi connectivity index (χ1n) is 7.84. The first-order valence-corrected chi connectivity index (χ1v) is 7.84. The molecule has 0 saturated heterocycles. The zero-order valence-corrected chi connectivity index (χ0v) is 13.4. The molecule has 0 radical (unpaired) electrons. The summed E-state index contributed by atoms with van der Waals surface area (Å²) in [5.74, 6) is 1.56. The molecule has 20 heavy (non-hydrogen) atoms. The van der Waals surface area contributed by atoms with Crippen molar-refractivity contribution in [1.82, 2.24) is 5.32 Å². The van der Waals surface area contributed by atoms with Crippen molar-refractivity contribution in [2.24, 2.45) is 0 Å². The molecular formula is C18H27NO. The van der Waals surface area contributed by atoms with Crippen LogP contribution in [0.3, 0.4) is 0 Å². The van der Waals surface area contributed by atoms with Gasteiger partial charge in [-0.2, -0.15) is 0 Å². The SMILES string of the molecule is CCCNC(CC)c1cc2c(C)ccc(C(C)C)c2o1. The average molecular weight is 273 g/mol. The van der Waals surface area contributed by atoms with Crippen LogP contribution in [-0.2, 0) is 0 Å². The highest BCUT2D eigenvalue weighted by atomic mass is 16.3. The number of fused-ring (bicyclic) bond motifs is 1. The number of hydrogen-bond acceptors (Lipinski definition) is 2. The van der Waals surface area contributed by atoms with E-state index < -0.39 is 0 Å². The molecule has 1 aromatic carbocycles. The fraction of sp³-hybridized carbons (Fsp3) is 0.556. The van der Waals surface area contributed by atoms with Crippen LogP contribution in [0.15, 0.2) is 22.6 Å². The van der Waals surface area contributed by atoms with E-state index in [9.17, 15) is 0 Å². The maximum absolute atomic E-state index is 6.23. The normalized spacial score (nSPS) is 13.3. The number of nitrogens with one attached hydrogen (secondary N) is 1. The summed E-state index contributed by atoms with van der Waals surface area (Å²) in [6.45, 7) is 12.0. The van der Waals surface area contributed by atoms with Gasteiger partial charge >= 0.3 is 0 Å². The summed E-state index contributed by atoms with van der Waals surface area (Å²) >= 11 is 0. The van der Waals surface area contributed by atoms with E-state index >= 15 is 0 Å². The predicted molar refractivity (Wildman–Crippen MR) is 86.4 cm³/mol. The van der Waals surface area contributed by atoms with Crippen LogP contribution in [0.5, 0.6) is 0 Å². The Morgan fingerprint density at radius 2 is 1.95 bits per heavy atom. The van der Waals surface area contributed by atoms with Gasteiger partial charge in [-0.1, -0.05) is 39.8 Å². The van der Waals surface area contributed by atoms with Crippen LogP contribution in [-0.4, -0.2) is 6.54 Å². The summed E-state index contributed by atoms with van der Waals surface area (Å²) in [5, 5.41) is 4.84. The molecule has 2 heteroatoms. The summed E-state index contributed by atoms with van der Waals surface area (Å²) in [4.78, 5) is 0. The third-order valence-electron chi connectivity index (χ3n) is 3.97. The van der Waals surface area contributed by atoms with Crippen molar-refractivity contribution in [1.29, 1.82) is 0 Å². The van der Waals surface area contributed by atoms with E-state index in [0.29, 0.717) is 12.0 Å². The van der Waals surface area contributed by atoms with Gasteiger partial charge in [0.2, 0.25) is 0 Å². The Morgan fingerprint density at radius 1 is 1.20 bits per heavy atom. The van der Waals surface area contributed by atoms with Crippen LogP contribution in [0.2, 0.25) is 0 Å². The van der Waals surface area contributed by atoms with Crippen molar-refractivity contribution in [3.8, 4) is 0 Å². The Bertz CT molecular complexity index is 568. The molecule has 0 amide bonds. The lowest BCUT2D eigenvalue weighted by Crippen LogP contribution is -2.20. The molecule has 0 saturated carbocycles. The van der Waals surface area contributed by atoms with Gasteiger partial charge in [0.05, 0.1) is 6.04 Å². The first kappa shape index (κ1) is 15.1. The molecule has 1 atom stereocenters. The minimum absolute atomic E-state index is 0.321. The maximum Gasteiger partial charge on any atom is 0.138 e. The molecule has 0 aliphatic carbocycles. The summed E-state index contributed by atoms with van der Waals surface area (Å²) in [7, 11) is 0. The second-order valence-electron chi connectivity index (χ2n) is 5.93. The monoisotopic (exact) mass is 273 g/mol. The molecule has 2 nitrogen and oxygen atoms in total. The molecule has 0 fully saturated rings. The molecule has 1 unspecified atom stereocenters. The lowest BCUT2D eigenvalue weighted by Gasteiger charge is -2.13. The lowest BCUT2D eigenvalue weighted by atomic mass is 9.98. The number of rotatable bonds is 6. The van der Waals surface area contributed by atoms with Crippen LogP contribution in [0.25, 0.3) is 11.0 Å². The quantitative estimate of drug-likeness (QED) is 0.771. The molecule has 2 aromatic rings. The van der Waals surface area contributed by atoms with E-state index in [1.165, 1.54) is 16.5 Å². The van der Waals surface area contributed by atoms with Gasteiger partial charge < -0.3 is 9.73 Å². The van der Waals surface area contributed by atoms with Crippen LogP contribution >= 0.6 is 0 Å². The summed E-state index contributed by atoms with van der Waals surface area (Å²) < 4.78 is 6.23. The Labute approximate surface area is 122 Å². The van der Waals surface area contributed by atoms with E-state index in [2.05, 4.69) is 58.1 Å². The van der Waals surface area contributed by atoms with Crippen LogP contribution in [0.1, 0.15) is 69.4 Å². The summed E-state index contributed by atoms with van der Waals surface area (Å²) in [6, 6.07) is 6.96. The topological polar surface area (TPSA) is 25.2 Å². The fourth-order valence-electron chi connectivity index (χ4n) is 2.69. The molecular weight excluding hydrogens is 246 g/mol. The Kier molecular flexibility index (Phi) is 4.87. The molecule has 1 aromatic heterocycles. The summed E-state index contributed by atoms with van der Waals surface area (Å²) in [5.41, 5.74) is 3.68. The molecule has 0 spiro atoms. The van der Waals surface area contributed by atoms with Gasteiger partial charge in [0, 0.05) is 5.39 Å². The van der Waals surface area contributed by atoms with Crippen molar-refractivity contribution < 1.29 is 4.42 Å². The highest BCUT2D eigenvalue weighted by Crippen LogP contribution is 2.33. The van der Waals surface area contributed by atoms with Gasteiger partial charge in [0.25, 0.3) is 0 Å². The molecule has 1 N–H and O–H groups in total. The van der Waals surface area contributed by atoms with Crippen LogP contribution in [0, 0.1) is 6.92 Å². The molecule has 0 aliphatic rings. The molecule has 2 rings (SSSR count). The summed E-state index contributed by atoms with van der Waals surface area (Å²) in [6.07, 6.45) is 2.20. The lowest BCUT2D eigenvalue weighted by molar-refractivity contribution is 0.420. The van der Waals surface area contributed by atoms with E-state index in [4.69, 9.17) is 4.42 Å². The van der Waals surface area contributed by atoms with Gasteiger partial charge in [-0.15, -0.1) is 0 Å². The highest BCUT2D eigenvalue weighted by Gasteiger charge is 2.17. The number of benzene rings is 1. The van der Waals surface area contributed by atoms with Crippen LogP contribution < -0.4 is 5.32 Å². The van der Waals surface area contributed by atoms with Crippen molar-refractivity contribution in [3.05, 3.63) is 35.1 Å². The van der Waals surface area contributed by atoms with Gasteiger partial charge in [-0.25, -0.2) is 0 Å². The van der Waals surface area contributed by atoms with Crippen molar-refractivity contribution in [2.75, 3.05) is 6.54 Å². The fourth-order valence-corrected chi connectivity index (χ4v) is 2.69. The Hall–Kier alpha value is -1.28. The van der Waals surface area contributed by atoms with E-state index in [-0.39, 0.29) is 0 Å². The molecule has 0 aliphatic heterocycles. The maximum atomic E-state index is 6.23. The van der Waals surface area contributed by atoms with Gasteiger partial charge in [-0.3, -0.25) is 0 Å². The van der Waals surface area contributed by atoms with Crippen molar-refractivity contribution in [3.63, 3.8) is 0 Å². The van der Waals surface area contributed by atoms with Crippen molar-refractivity contribution in [2.45, 2.75) is 59.4 Å². The zero-order chi connectivity index (χ0) is 14.7. The minimum Gasteiger partial charge on any atom is -0.459 e. The van der Waals surface area contributed by atoms with E-state index in [1.54, 1.807) is 0 Å². The van der Waals surface area contributed by atoms with Crippen LogP contribution in [0.4, 0.5) is 0 Å².